The molecule has 0 atom stereocenters. The molecule has 0 spiro atoms. The van der Waals surface area contributed by atoms with Crippen molar-refractivity contribution in [2.75, 3.05) is 6.54 Å². The van der Waals surface area contributed by atoms with Gasteiger partial charge in [-0.15, -0.1) is 0 Å². The zero-order chi connectivity index (χ0) is 14.9. The topological polar surface area (TPSA) is 93.3 Å². The molecule has 0 fully saturated rings. The van der Waals surface area contributed by atoms with Crippen molar-refractivity contribution in [3.8, 4) is 0 Å². The Hall–Kier alpha value is -2.57. The van der Waals surface area contributed by atoms with Crippen molar-refractivity contribution < 1.29 is 14.7 Å². The summed E-state index contributed by atoms with van der Waals surface area (Å²) in [6, 6.07) is 5.29. The molecule has 0 saturated carbocycles. The number of carboxylic acid groups (broad SMARTS) is 1. The SMILES string of the molecule is Cn1c(=O)n(C)c2cc(CC(=O)NCC(=O)O)ccc21. The van der Waals surface area contributed by atoms with Crippen LogP contribution in [0.1, 0.15) is 5.56 Å². The van der Waals surface area contributed by atoms with Crippen LogP contribution in [0.5, 0.6) is 0 Å². The maximum absolute atomic E-state index is 11.8. The molecule has 106 valence electrons. The summed E-state index contributed by atoms with van der Waals surface area (Å²) in [7, 11) is 3.35. The van der Waals surface area contributed by atoms with E-state index in [1.54, 1.807) is 32.3 Å². The average Bonchev–Trinajstić information content (AvgIpc) is 2.62. The van der Waals surface area contributed by atoms with E-state index in [-0.39, 0.29) is 18.0 Å². The molecule has 0 aliphatic rings. The molecule has 2 aromatic rings. The zero-order valence-electron chi connectivity index (χ0n) is 11.2. The van der Waals surface area contributed by atoms with E-state index in [1.165, 1.54) is 9.13 Å². The number of nitrogens with zero attached hydrogens (tertiary/aromatic N) is 2. The minimum absolute atomic E-state index is 0.0757. The lowest BCUT2D eigenvalue weighted by molar-refractivity contribution is -0.137. The molecule has 0 aliphatic carbocycles. The first kappa shape index (κ1) is 13.9. The predicted molar refractivity (Wildman–Crippen MR) is 72.5 cm³/mol. The zero-order valence-corrected chi connectivity index (χ0v) is 11.2. The van der Waals surface area contributed by atoms with E-state index in [0.717, 1.165) is 16.6 Å². The van der Waals surface area contributed by atoms with Gasteiger partial charge >= 0.3 is 11.7 Å². The smallest absolute Gasteiger partial charge is 0.328 e. The number of imidazole rings is 1. The number of hydrogen-bond donors (Lipinski definition) is 2. The molecule has 0 aliphatic heterocycles. The number of benzene rings is 1. The Morgan fingerprint density at radius 1 is 1.20 bits per heavy atom. The fourth-order valence-corrected chi connectivity index (χ4v) is 2.08. The largest absolute Gasteiger partial charge is 0.480 e. The quantitative estimate of drug-likeness (QED) is 0.796. The fourth-order valence-electron chi connectivity index (χ4n) is 2.08. The Morgan fingerprint density at radius 2 is 1.85 bits per heavy atom. The Labute approximate surface area is 114 Å². The number of carboxylic acids is 1. The highest BCUT2D eigenvalue weighted by Crippen LogP contribution is 2.14. The lowest BCUT2D eigenvalue weighted by Crippen LogP contribution is -2.30. The summed E-state index contributed by atoms with van der Waals surface area (Å²) >= 11 is 0. The van der Waals surface area contributed by atoms with Crippen molar-refractivity contribution in [3.63, 3.8) is 0 Å². The summed E-state index contributed by atoms with van der Waals surface area (Å²) in [5, 5.41) is 10.8. The van der Waals surface area contributed by atoms with Crippen molar-refractivity contribution in [1.82, 2.24) is 14.5 Å². The summed E-state index contributed by atoms with van der Waals surface area (Å²) in [6.45, 7) is -0.398. The third-order valence-corrected chi connectivity index (χ3v) is 3.14. The van der Waals surface area contributed by atoms with Crippen LogP contribution in [-0.2, 0) is 30.1 Å². The van der Waals surface area contributed by atoms with E-state index in [1.807, 2.05) is 0 Å². The van der Waals surface area contributed by atoms with Gasteiger partial charge in [-0.3, -0.25) is 18.7 Å². The van der Waals surface area contributed by atoms with Crippen LogP contribution in [0, 0.1) is 0 Å². The van der Waals surface area contributed by atoms with E-state index < -0.39 is 12.5 Å². The van der Waals surface area contributed by atoms with Crippen molar-refractivity contribution in [1.29, 1.82) is 0 Å². The van der Waals surface area contributed by atoms with E-state index in [2.05, 4.69) is 5.32 Å². The summed E-state index contributed by atoms with van der Waals surface area (Å²) in [5.74, 6) is -1.45. The highest BCUT2D eigenvalue weighted by atomic mass is 16.4. The first-order chi connectivity index (χ1) is 9.40. The molecule has 0 unspecified atom stereocenters. The molecule has 1 heterocycles. The normalized spacial score (nSPS) is 10.7. The van der Waals surface area contributed by atoms with Crippen molar-refractivity contribution in [2.45, 2.75) is 6.42 Å². The number of aromatic nitrogens is 2. The summed E-state index contributed by atoms with van der Waals surface area (Å²) < 4.78 is 3.04. The molecule has 7 heteroatoms. The van der Waals surface area contributed by atoms with Crippen LogP contribution >= 0.6 is 0 Å². The number of amides is 1. The number of aryl methyl sites for hydroxylation is 2. The van der Waals surface area contributed by atoms with Gasteiger partial charge in [-0.25, -0.2) is 4.79 Å². The number of nitrogens with one attached hydrogen (secondary N) is 1. The van der Waals surface area contributed by atoms with E-state index in [9.17, 15) is 14.4 Å². The second-order valence-corrected chi connectivity index (χ2v) is 4.57. The summed E-state index contributed by atoms with van der Waals surface area (Å²) in [6.07, 6.45) is 0.0757. The van der Waals surface area contributed by atoms with Crippen molar-refractivity contribution in [3.05, 3.63) is 34.2 Å². The first-order valence-corrected chi connectivity index (χ1v) is 6.03. The van der Waals surface area contributed by atoms with Crippen LogP contribution in [-0.4, -0.2) is 32.7 Å². The second-order valence-electron chi connectivity index (χ2n) is 4.57. The second kappa shape index (κ2) is 5.20. The third kappa shape index (κ3) is 2.56. The third-order valence-electron chi connectivity index (χ3n) is 3.14. The van der Waals surface area contributed by atoms with Gasteiger partial charge in [0.2, 0.25) is 5.91 Å². The molecule has 2 rings (SSSR count). The average molecular weight is 277 g/mol. The summed E-state index contributed by atoms with van der Waals surface area (Å²) in [5.41, 5.74) is 2.11. The maximum atomic E-state index is 11.8. The predicted octanol–water partition coefficient (Wildman–Crippen LogP) is -0.380. The Kier molecular flexibility index (Phi) is 3.60. The van der Waals surface area contributed by atoms with Crippen LogP contribution in [0.3, 0.4) is 0 Å². The molecule has 1 amide bonds. The van der Waals surface area contributed by atoms with Gasteiger partial charge in [0, 0.05) is 14.1 Å². The Bertz CT molecular complexity index is 742. The van der Waals surface area contributed by atoms with E-state index in [0.29, 0.717) is 0 Å². The molecule has 0 saturated heterocycles. The van der Waals surface area contributed by atoms with Crippen molar-refractivity contribution >= 4 is 22.9 Å². The fraction of sp³-hybridized carbons (Fsp3) is 0.308. The minimum atomic E-state index is -1.08. The molecule has 1 aromatic heterocycles. The number of fused-ring (bicyclic) bond motifs is 1. The van der Waals surface area contributed by atoms with Crippen LogP contribution in [0.15, 0.2) is 23.0 Å². The van der Waals surface area contributed by atoms with Crippen LogP contribution < -0.4 is 11.0 Å². The van der Waals surface area contributed by atoms with E-state index in [4.69, 9.17) is 5.11 Å². The standard InChI is InChI=1S/C13H15N3O4/c1-15-9-4-3-8(5-10(9)16(2)13(15)20)6-11(17)14-7-12(18)19/h3-5H,6-7H2,1-2H3,(H,14,17)(H,18,19). The minimum Gasteiger partial charge on any atom is -0.480 e. The van der Waals surface area contributed by atoms with Crippen LogP contribution in [0.25, 0.3) is 11.0 Å². The molecule has 0 radical (unpaired) electrons. The first-order valence-electron chi connectivity index (χ1n) is 6.03. The molecule has 1 aromatic carbocycles. The Morgan fingerprint density at radius 3 is 2.50 bits per heavy atom. The Balaban J connectivity index is 2.24. The lowest BCUT2D eigenvalue weighted by Gasteiger charge is -2.03. The van der Waals surface area contributed by atoms with E-state index >= 15 is 0 Å². The molecular formula is C13H15N3O4. The molecule has 0 bridgehead atoms. The number of aliphatic carboxylic acids is 1. The van der Waals surface area contributed by atoms with Gasteiger partial charge in [-0.1, -0.05) is 6.07 Å². The van der Waals surface area contributed by atoms with Crippen LogP contribution in [0.2, 0.25) is 0 Å². The maximum Gasteiger partial charge on any atom is 0.328 e. The molecular weight excluding hydrogens is 262 g/mol. The number of rotatable bonds is 4. The monoisotopic (exact) mass is 277 g/mol. The highest BCUT2D eigenvalue weighted by Gasteiger charge is 2.10. The highest BCUT2D eigenvalue weighted by molar-refractivity contribution is 5.84. The van der Waals surface area contributed by atoms with Gasteiger partial charge in [0.15, 0.2) is 0 Å². The van der Waals surface area contributed by atoms with Crippen molar-refractivity contribution in [2.24, 2.45) is 14.1 Å². The van der Waals surface area contributed by atoms with Gasteiger partial charge in [-0.2, -0.15) is 0 Å². The van der Waals surface area contributed by atoms with Gasteiger partial charge in [0.25, 0.3) is 0 Å². The number of hydrogen-bond acceptors (Lipinski definition) is 3. The van der Waals surface area contributed by atoms with Gasteiger partial charge in [0.05, 0.1) is 17.5 Å². The molecule has 7 nitrogen and oxygen atoms in total. The van der Waals surface area contributed by atoms with Gasteiger partial charge < -0.3 is 10.4 Å². The number of carbonyl (C=O) groups is 2. The van der Waals surface area contributed by atoms with Gasteiger partial charge in [-0.05, 0) is 17.7 Å². The molecule has 20 heavy (non-hydrogen) atoms. The lowest BCUT2D eigenvalue weighted by atomic mass is 10.1. The van der Waals surface area contributed by atoms with Crippen LogP contribution in [0.4, 0.5) is 0 Å². The molecule has 2 N–H and O–H groups in total. The number of carbonyl (C=O) groups excluding carboxylic acids is 1. The summed E-state index contributed by atoms with van der Waals surface area (Å²) in [4.78, 5) is 33.7. The van der Waals surface area contributed by atoms with Gasteiger partial charge in [0.1, 0.15) is 6.54 Å².